The third-order valence-corrected chi connectivity index (χ3v) is 5.49. The number of nitrogens with two attached hydrogens (primary N) is 1. The highest BCUT2D eigenvalue weighted by Crippen LogP contribution is 2.31. The van der Waals surface area contributed by atoms with Gasteiger partial charge in [-0.1, -0.05) is 12.1 Å². The SMILES string of the molecule is COc1cc(I)c(C(=O)NCCc2ccc(S(N)(=O)=O)cc2)cc1OC. The van der Waals surface area contributed by atoms with Crippen LogP contribution < -0.4 is 19.9 Å². The van der Waals surface area contributed by atoms with Crippen molar-refractivity contribution in [1.82, 2.24) is 5.32 Å². The molecule has 0 saturated heterocycles. The largest absolute Gasteiger partial charge is 0.493 e. The first-order valence-corrected chi connectivity index (χ1v) is 10.2. The highest BCUT2D eigenvalue weighted by atomic mass is 127. The second-order valence-electron chi connectivity index (χ2n) is 5.38. The predicted molar refractivity (Wildman–Crippen MR) is 106 cm³/mol. The number of halogens is 1. The molecule has 0 atom stereocenters. The highest BCUT2D eigenvalue weighted by molar-refractivity contribution is 14.1. The molecule has 140 valence electrons. The first-order valence-electron chi connectivity index (χ1n) is 7.57. The number of nitrogens with one attached hydrogen (secondary N) is 1. The van der Waals surface area contributed by atoms with Crippen molar-refractivity contribution in [3.05, 3.63) is 51.1 Å². The van der Waals surface area contributed by atoms with Gasteiger partial charge in [0.1, 0.15) is 0 Å². The van der Waals surface area contributed by atoms with E-state index < -0.39 is 10.0 Å². The van der Waals surface area contributed by atoms with E-state index in [1.807, 2.05) is 0 Å². The molecule has 0 aliphatic heterocycles. The molecule has 0 spiro atoms. The number of methoxy groups -OCH3 is 2. The van der Waals surface area contributed by atoms with Gasteiger partial charge in [-0.2, -0.15) is 0 Å². The molecule has 0 aromatic heterocycles. The number of primary sulfonamides is 1. The topological polar surface area (TPSA) is 108 Å². The zero-order valence-corrected chi connectivity index (χ0v) is 17.3. The van der Waals surface area contributed by atoms with Gasteiger partial charge in [-0.05, 0) is 58.8 Å². The monoisotopic (exact) mass is 490 g/mol. The summed E-state index contributed by atoms with van der Waals surface area (Å²) in [5.41, 5.74) is 1.38. The minimum absolute atomic E-state index is 0.0603. The summed E-state index contributed by atoms with van der Waals surface area (Å²) in [6.45, 7) is 0.401. The zero-order valence-electron chi connectivity index (χ0n) is 14.3. The lowest BCUT2D eigenvalue weighted by molar-refractivity contribution is 0.0953. The fourth-order valence-corrected chi connectivity index (χ4v) is 3.49. The number of ether oxygens (including phenoxy) is 2. The number of hydrogen-bond acceptors (Lipinski definition) is 5. The zero-order chi connectivity index (χ0) is 19.3. The minimum Gasteiger partial charge on any atom is -0.493 e. The highest BCUT2D eigenvalue weighted by Gasteiger charge is 2.15. The fourth-order valence-electron chi connectivity index (χ4n) is 2.29. The standard InChI is InChI=1S/C17H19IN2O5S/c1-24-15-9-13(14(18)10-16(15)25-2)17(21)20-8-7-11-3-5-12(6-4-11)26(19,22)23/h3-6,9-10H,7-8H2,1-2H3,(H,20,21)(H2,19,22,23). The van der Waals surface area contributed by atoms with Crippen LogP contribution in [0.15, 0.2) is 41.3 Å². The van der Waals surface area contributed by atoms with Gasteiger partial charge in [-0.15, -0.1) is 0 Å². The number of carbonyl (C=O) groups excluding carboxylic acids is 1. The Morgan fingerprint density at radius 2 is 1.69 bits per heavy atom. The Balaban J connectivity index is 2.01. The maximum Gasteiger partial charge on any atom is 0.252 e. The molecular weight excluding hydrogens is 471 g/mol. The van der Waals surface area contributed by atoms with Crippen molar-refractivity contribution in [2.75, 3.05) is 20.8 Å². The number of hydrogen-bond donors (Lipinski definition) is 2. The van der Waals surface area contributed by atoms with E-state index in [1.165, 1.54) is 26.4 Å². The van der Waals surface area contributed by atoms with Gasteiger partial charge in [0.2, 0.25) is 10.0 Å². The van der Waals surface area contributed by atoms with Crippen LogP contribution in [0.3, 0.4) is 0 Å². The molecule has 0 aliphatic carbocycles. The fraction of sp³-hybridized carbons (Fsp3) is 0.235. The van der Waals surface area contributed by atoms with Crippen LogP contribution in [-0.4, -0.2) is 35.1 Å². The van der Waals surface area contributed by atoms with Gasteiger partial charge in [-0.25, -0.2) is 13.6 Å². The molecule has 1 amide bonds. The number of sulfonamides is 1. The lowest BCUT2D eigenvalue weighted by atomic mass is 10.1. The van der Waals surface area contributed by atoms with Gasteiger partial charge >= 0.3 is 0 Å². The van der Waals surface area contributed by atoms with Crippen LogP contribution in [0.2, 0.25) is 0 Å². The van der Waals surface area contributed by atoms with E-state index in [9.17, 15) is 13.2 Å². The molecule has 0 bridgehead atoms. The molecule has 0 unspecified atom stereocenters. The van der Waals surface area contributed by atoms with Gasteiger partial charge in [0.05, 0.1) is 24.7 Å². The van der Waals surface area contributed by atoms with Crippen molar-refractivity contribution in [1.29, 1.82) is 0 Å². The van der Waals surface area contributed by atoms with Crippen LogP contribution in [-0.2, 0) is 16.4 Å². The van der Waals surface area contributed by atoms with Gasteiger partial charge in [0.15, 0.2) is 11.5 Å². The molecule has 2 rings (SSSR count). The molecule has 0 saturated carbocycles. The summed E-state index contributed by atoms with van der Waals surface area (Å²) in [5.74, 6) is 0.816. The Hall–Kier alpha value is -1.85. The molecule has 3 N–H and O–H groups in total. The van der Waals surface area contributed by atoms with E-state index in [4.69, 9.17) is 14.6 Å². The van der Waals surface area contributed by atoms with E-state index in [2.05, 4.69) is 27.9 Å². The van der Waals surface area contributed by atoms with Gasteiger partial charge in [-0.3, -0.25) is 4.79 Å². The van der Waals surface area contributed by atoms with Crippen LogP contribution in [0.4, 0.5) is 0 Å². The molecule has 0 fully saturated rings. The number of benzene rings is 2. The maximum absolute atomic E-state index is 12.4. The summed E-state index contributed by atoms with van der Waals surface area (Å²) in [5, 5.41) is 7.90. The van der Waals surface area contributed by atoms with Crippen molar-refractivity contribution in [3.8, 4) is 11.5 Å². The summed E-state index contributed by atoms with van der Waals surface area (Å²) < 4.78 is 33.7. The van der Waals surface area contributed by atoms with Crippen LogP contribution >= 0.6 is 22.6 Å². The van der Waals surface area contributed by atoms with E-state index in [-0.39, 0.29) is 10.8 Å². The molecule has 9 heteroatoms. The van der Waals surface area contributed by atoms with Crippen molar-refractivity contribution in [2.24, 2.45) is 5.14 Å². The second-order valence-corrected chi connectivity index (χ2v) is 8.11. The Morgan fingerprint density at radius 3 is 2.23 bits per heavy atom. The van der Waals surface area contributed by atoms with Crippen molar-refractivity contribution < 1.29 is 22.7 Å². The summed E-state index contributed by atoms with van der Waals surface area (Å²) >= 11 is 2.07. The van der Waals surface area contributed by atoms with Crippen LogP contribution in [0, 0.1) is 3.57 Å². The minimum atomic E-state index is -3.70. The van der Waals surface area contributed by atoms with Gasteiger partial charge < -0.3 is 14.8 Å². The average molecular weight is 490 g/mol. The van der Waals surface area contributed by atoms with E-state index in [1.54, 1.807) is 24.3 Å². The summed E-state index contributed by atoms with van der Waals surface area (Å²) in [6, 6.07) is 9.61. The molecule has 0 aliphatic rings. The first kappa shape index (κ1) is 20.5. The molecule has 0 radical (unpaired) electrons. The molecular formula is C17H19IN2O5S. The Kier molecular flexibility index (Phi) is 6.84. The van der Waals surface area contributed by atoms with Crippen LogP contribution in [0.25, 0.3) is 0 Å². The lowest BCUT2D eigenvalue weighted by Crippen LogP contribution is -2.26. The van der Waals surface area contributed by atoms with Crippen LogP contribution in [0.5, 0.6) is 11.5 Å². The Morgan fingerprint density at radius 1 is 1.12 bits per heavy atom. The number of amides is 1. The summed E-state index contributed by atoms with van der Waals surface area (Å²) in [7, 11) is -0.651. The molecule has 2 aromatic carbocycles. The molecule has 26 heavy (non-hydrogen) atoms. The van der Waals surface area contributed by atoms with Crippen molar-refractivity contribution in [2.45, 2.75) is 11.3 Å². The molecule has 0 heterocycles. The number of carbonyl (C=O) groups is 1. The Bertz CT molecular complexity index is 898. The smallest absolute Gasteiger partial charge is 0.252 e. The summed E-state index contributed by atoms with van der Waals surface area (Å²) in [4.78, 5) is 12.5. The quantitative estimate of drug-likeness (QED) is 0.577. The third kappa shape index (κ3) is 5.08. The van der Waals surface area contributed by atoms with Gasteiger partial charge in [0.25, 0.3) is 5.91 Å². The van der Waals surface area contributed by atoms with Crippen LogP contribution in [0.1, 0.15) is 15.9 Å². The Labute approximate surface area is 166 Å². The maximum atomic E-state index is 12.4. The predicted octanol–water partition coefficient (Wildman–Crippen LogP) is 1.93. The van der Waals surface area contributed by atoms with Gasteiger partial charge in [0, 0.05) is 10.1 Å². The van der Waals surface area contributed by atoms with E-state index >= 15 is 0 Å². The summed E-state index contributed by atoms with van der Waals surface area (Å²) in [6.07, 6.45) is 0.556. The van der Waals surface area contributed by atoms with E-state index in [0.29, 0.717) is 30.0 Å². The normalized spacial score (nSPS) is 11.1. The lowest BCUT2D eigenvalue weighted by Gasteiger charge is -2.12. The first-order chi connectivity index (χ1) is 12.3. The molecule has 2 aromatic rings. The van der Waals surface area contributed by atoms with Crippen molar-refractivity contribution >= 4 is 38.5 Å². The third-order valence-electron chi connectivity index (χ3n) is 3.67. The van der Waals surface area contributed by atoms with Crippen molar-refractivity contribution in [3.63, 3.8) is 0 Å². The second kappa shape index (κ2) is 8.69. The average Bonchev–Trinajstić information content (AvgIpc) is 2.60. The number of rotatable bonds is 7. The van der Waals surface area contributed by atoms with E-state index in [0.717, 1.165) is 9.13 Å². The molecule has 7 nitrogen and oxygen atoms in total.